The van der Waals surface area contributed by atoms with Gasteiger partial charge in [0.25, 0.3) is 0 Å². The molecule has 1 aliphatic carbocycles. The first-order valence-corrected chi connectivity index (χ1v) is 10.1. The SMILES string of the molecule is COc1cccc(-c2cnc3c(c2)C(C2=CCN(C(=O)NC(C)C)CC2)=CC3)c1. The number of aromatic nitrogens is 1. The van der Waals surface area contributed by atoms with E-state index in [1.807, 2.05) is 43.1 Å². The maximum Gasteiger partial charge on any atom is 0.317 e. The molecule has 2 aliphatic rings. The number of fused-ring (bicyclic) bond motifs is 1. The number of ether oxygens (including phenoxy) is 1. The predicted molar refractivity (Wildman–Crippen MR) is 116 cm³/mol. The molecule has 0 unspecified atom stereocenters. The number of nitrogens with zero attached hydrogens (tertiary/aromatic N) is 2. The van der Waals surface area contributed by atoms with E-state index in [2.05, 4.69) is 29.6 Å². The average molecular weight is 389 g/mol. The van der Waals surface area contributed by atoms with Gasteiger partial charge < -0.3 is 15.0 Å². The lowest BCUT2D eigenvalue weighted by Crippen LogP contribution is -2.44. The molecule has 0 fully saturated rings. The molecular formula is C24H27N3O2. The van der Waals surface area contributed by atoms with Gasteiger partial charge in [0.1, 0.15) is 5.75 Å². The number of carbonyl (C=O) groups is 1. The van der Waals surface area contributed by atoms with E-state index in [-0.39, 0.29) is 12.1 Å². The molecule has 5 nitrogen and oxygen atoms in total. The van der Waals surface area contributed by atoms with Crippen LogP contribution in [0.15, 0.2) is 54.3 Å². The zero-order chi connectivity index (χ0) is 20.4. The number of carbonyl (C=O) groups excluding carboxylic acids is 1. The highest BCUT2D eigenvalue weighted by atomic mass is 16.5. The number of methoxy groups -OCH3 is 1. The van der Waals surface area contributed by atoms with Crippen LogP contribution < -0.4 is 10.1 Å². The highest BCUT2D eigenvalue weighted by Crippen LogP contribution is 2.37. The maximum atomic E-state index is 12.2. The fourth-order valence-corrected chi connectivity index (χ4v) is 3.90. The molecule has 1 aliphatic heterocycles. The van der Waals surface area contributed by atoms with Crippen LogP contribution in [0.3, 0.4) is 0 Å². The lowest BCUT2D eigenvalue weighted by Gasteiger charge is -2.28. The van der Waals surface area contributed by atoms with Crippen LogP contribution >= 0.6 is 0 Å². The van der Waals surface area contributed by atoms with E-state index in [9.17, 15) is 4.79 Å². The van der Waals surface area contributed by atoms with Crippen molar-refractivity contribution in [1.29, 1.82) is 0 Å². The third-order valence-corrected chi connectivity index (χ3v) is 5.42. The molecule has 2 heterocycles. The Kier molecular flexibility index (Phi) is 5.38. The second-order valence-corrected chi connectivity index (χ2v) is 7.80. The molecule has 29 heavy (non-hydrogen) atoms. The van der Waals surface area contributed by atoms with E-state index in [0.717, 1.165) is 42.0 Å². The first kappa shape index (κ1) is 19.2. The number of allylic oxidation sites excluding steroid dienone is 2. The summed E-state index contributed by atoms with van der Waals surface area (Å²) in [5.74, 6) is 0.841. The Morgan fingerprint density at radius 3 is 2.79 bits per heavy atom. The number of benzene rings is 1. The third kappa shape index (κ3) is 4.04. The van der Waals surface area contributed by atoms with Gasteiger partial charge in [-0.3, -0.25) is 4.98 Å². The van der Waals surface area contributed by atoms with E-state index in [0.29, 0.717) is 6.54 Å². The van der Waals surface area contributed by atoms with Gasteiger partial charge in [-0.1, -0.05) is 24.3 Å². The van der Waals surface area contributed by atoms with Gasteiger partial charge in [0.2, 0.25) is 0 Å². The van der Waals surface area contributed by atoms with Crippen LogP contribution in [-0.4, -0.2) is 42.2 Å². The summed E-state index contributed by atoms with van der Waals surface area (Å²) in [6, 6.07) is 10.5. The smallest absolute Gasteiger partial charge is 0.317 e. The summed E-state index contributed by atoms with van der Waals surface area (Å²) in [6.45, 7) is 5.34. The Hall–Kier alpha value is -3.08. The van der Waals surface area contributed by atoms with E-state index in [4.69, 9.17) is 9.72 Å². The Morgan fingerprint density at radius 2 is 2.07 bits per heavy atom. The van der Waals surface area contributed by atoms with Gasteiger partial charge in [0, 0.05) is 42.9 Å². The zero-order valence-corrected chi connectivity index (χ0v) is 17.2. The van der Waals surface area contributed by atoms with Gasteiger partial charge in [-0.05, 0) is 55.2 Å². The fourth-order valence-electron chi connectivity index (χ4n) is 3.90. The van der Waals surface area contributed by atoms with Crippen molar-refractivity contribution in [2.45, 2.75) is 32.7 Å². The molecule has 0 spiro atoms. The van der Waals surface area contributed by atoms with Crippen molar-refractivity contribution in [2.24, 2.45) is 0 Å². The topological polar surface area (TPSA) is 54.5 Å². The predicted octanol–water partition coefficient (Wildman–Crippen LogP) is 4.45. The monoisotopic (exact) mass is 389 g/mol. The number of amides is 2. The van der Waals surface area contributed by atoms with E-state index in [1.165, 1.54) is 16.7 Å². The Balaban J connectivity index is 1.56. The standard InChI is InChI=1S/C24H27N3O2/c1-16(2)26-24(28)27-11-9-17(10-12-27)21-7-8-23-22(21)14-19(15-25-23)18-5-4-6-20(13-18)29-3/h4-7,9,13-16H,8,10-12H2,1-3H3,(H,26,28). The van der Waals surface area contributed by atoms with Gasteiger partial charge in [0.05, 0.1) is 12.8 Å². The van der Waals surface area contributed by atoms with Crippen molar-refractivity contribution in [3.8, 4) is 16.9 Å². The van der Waals surface area contributed by atoms with Crippen LogP contribution in [0.1, 0.15) is 31.5 Å². The van der Waals surface area contributed by atoms with Crippen LogP contribution in [-0.2, 0) is 6.42 Å². The zero-order valence-electron chi connectivity index (χ0n) is 17.2. The molecule has 1 N–H and O–H groups in total. The summed E-state index contributed by atoms with van der Waals surface area (Å²) >= 11 is 0. The first-order valence-electron chi connectivity index (χ1n) is 10.1. The minimum Gasteiger partial charge on any atom is -0.497 e. The normalized spacial score (nSPS) is 15.7. The first-order chi connectivity index (χ1) is 14.0. The van der Waals surface area contributed by atoms with Gasteiger partial charge in [-0.15, -0.1) is 0 Å². The van der Waals surface area contributed by atoms with Crippen molar-refractivity contribution in [1.82, 2.24) is 15.2 Å². The average Bonchev–Trinajstić information content (AvgIpc) is 3.16. The van der Waals surface area contributed by atoms with Crippen LogP contribution in [0.4, 0.5) is 4.79 Å². The molecule has 0 saturated heterocycles. The van der Waals surface area contributed by atoms with Crippen molar-refractivity contribution in [3.05, 3.63) is 65.5 Å². The molecule has 4 rings (SSSR count). The summed E-state index contributed by atoms with van der Waals surface area (Å²) < 4.78 is 5.36. The van der Waals surface area contributed by atoms with E-state index < -0.39 is 0 Å². The highest BCUT2D eigenvalue weighted by Gasteiger charge is 2.24. The molecule has 150 valence electrons. The number of hydrogen-bond donors (Lipinski definition) is 1. The molecular weight excluding hydrogens is 362 g/mol. The van der Waals surface area contributed by atoms with Gasteiger partial charge in [-0.2, -0.15) is 0 Å². The lowest BCUT2D eigenvalue weighted by molar-refractivity contribution is 0.199. The van der Waals surface area contributed by atoms with Crippen molar-refractivity contribution in [3.63, 3.8) is 0 Å². The minimum absolute atomic E-state index is 0.0121. The molecule has 0 bridgehead atoms. The second kappa shape index (κ2) is 8.11. The van der Waals surface area contributed by atoms with Crippen LogP contribution in [0.25, 0.3) is 16.7 Å². The van der Waals surface area contributed by atoms with Gasteiger partial charge >= 0.3 is 6.03 Å². The molecule has 1 aromatic heterocycles. The Morgan fingerprint density at radius 1 is 1.21 bits per heavy atom. The molecule has 0 atom stereocenters. The largest absolute Gasteiger partial charge is 0.497 e. The molecule has 5 heteroatoms. The van der Waals surface area contributed by atoms with E-state index >= 15 is 0 Å². The second-order valence-electron chi connectivity index (χ2n) is 7.80. The fraction of sp³-hybridized carbons (Fsp3) is 0.333. The summed E-state index contributed by atoms with van der Waals surface area (Å²) in [6.07, 6.45) is 8.11. The molecule has 1 aromatic carbocycles. The third-order valence-electron chi connectivity index (χ3n) is 5.42. The highest BCUT2D eigenvalue weighted by molar-refractivity contribution is 5.86. The van der Waals surface area contributed by atoms with Gasteiger partial charge in [-0.25, -0.2) is 4.79 Å². The number of pyridine rings is 1. The Labute approximate surface area is 172 Å². The molecule has 2 amide bonds. The number of urea groups is 1. The number of hydrogen-bond acceptors (Lipinski definition) is 3. The van der Waals surface area contributed by atoms with Gasteiger partial charge in [0.15, 0.2) is 0 Å². The van der Waals surface area contributed by atoms with Crippen molar-refractivity contribution in [2.75, 3.05) is 20.2 Å². The Bertz CT molecular complexity index is 991. The van der Waals surface area contributed by atoms with Crippen molar-refractivity contribution >= 4 is 11.6 Å². The molecule has 2 aromatic rings. The van der Waals surface area contributed by atoms with Crippen molar-refractivity contribution < 1.29 is 9.53 Å². The van der Waals surface area contributed by atoms with Crippen LogP contribution in [0.2, 0.25) is 0 Å². The van der Waals surface area contributed by atoms with E-state index in [1.54, 1.807) is 7.11 Å². The quantitative estimate of drug-likeness (QED) is 0.841. The maximum absolute atomic E-state index is 12.2. The molecule has 0 saturated carbocycles. The summed E-state index contributed by atoms with van der Waals surface area (Å²) in [5, 5.41) is 2.97. The summed E-state index contributed by atoms with van der Waals surface area (Å²) in [5.41, 5.74) is 7.08. The molecule has 0 radical (unpaired) electrons. The number of rotatable bonds is 4. The summed E-state index contributed by atoms with van der Waals surface area (Å²) in [7, 11) is 1.68. The number of nitrogens with one attached hydrogen (secondary N) is 1. The lowest BCUT2D eigenvalue weighted by atomic mass is 9.94. The minimum atomic E-state index is 0.0121. The summed E-state index contributed by atoms with van der Waals surface area (Å²) in [4.78, 5) is 18.8. The van der Waals surface area contributed by atoms with Crippen LogP contribution in [0, 0.1) is 0 Å². The van der Waals surface area contributed by atoms with Crippen LogP contribution in [0.5, 0.6) is 5.75 Å².